The normalized spacial score (nSPS) is 10.8. The Bertz CT molecular complexity index is 1120. The van der Waals surface area contributed by atoms with Crippen molar-refractivity contribution in [2.75, 3.05) is 0 Å². The molecule has 0 saturated heterocycles. The second-order valence-corrected chi connectivity index (χ2v) is 6.01. The topological polar surface area (TPSA) is 154 Å². The molecule has 1 heterocycles. The number of carboxylic acid groups (broad SMARTS) is 3. The first-order chi connectivity index (χ1) is 14.3. The fourth-order valence-corrected chi connectivity index (χ4v) is 2.54. The van der Waals surface area contributed by atoms with Gasteiger partial charge in [-0.3, -0.25) is 0 Å². The van der Waals surface area contributed by atoms with Gasteiger partial charge in [0.15, 0.2) is 0 Å². The largest absolute Gasteiger partial charge is 0.478 e. The maximum absolute atomic E-state index is 10.6. The van der Waals surface area contributed by atoms with Crippen LogP contribution in [0.1, 0.15) is 44.0 Å². The van der Waals surface area contributed by atoms with E-state index in [2.05, 4.69) is 11.1 Å². The zero-order valence-electron chi connectivity index (χ0n) is 15.8. The Morgan fingerprint density at radius 1 is 0.967 bits per heavy atom. The van der Waals surface area contributed by atoms with Crippen LogP contribution in [-0.4, -0.2) is 42.8 Å². The van der Waals surface area contributed by atoms with E-state index in [1.807, 2.05) is 48.0 Å². The average Bonchev–Trinajstić information content (AvgIpc) is 3.23. The first kappa shape index (κ1) is 21.8. The zero-order chi connectivity index (χ0) is 22.3. The first-order valence-electron chi connectivity index (χ1n) is 8.58. The fraction of sp³-hybridized carbons (Fsp3) is 0.0952. The molecule has 1 unspecified atom stereocenters. The number of hydrogen-bond donors (Lipinski definition) is 3. The van der Waals surface area contributed by atoms with Crippen molar-refractivity contribution in [3.8, 4) is 17.5 Å². The Labute approximate surface area is 171 Å². The van der Waals surface area contributed by atoms with E-state index in [1.165, 1.54) is 0 Å². The fourth-order valence-electron chi connectivity index (χ4n) is 2.54. The summed E-state index contributed by atoms with van der Waals surface area (Å²) >= 11 is 0. The third kappa shape index (κ3) is 5.08. The van der Waals surface area contributed by atoms with E-state index < -0.39 is 29.0 Å². The molecule has 0 saturated carbocycles. The number of imidazole rings is 1. The minimum absolute atomic E-state index is 0.192. The molecule has 3 rings (SSSR count). The maximum atomic E-state index is 10.6. The minimum Gasteiger partial charge on any atom is -0.478 e. The Kier molecular flexibility index (Phi) is 7.03. The third-order valence-corrected chi connectivity index (χ3v) is 4.03. The molecule has 3 N–H and O–H groups in total. The average molecular weight is 407 g/mol. The summed E-state index contributed by atoms with van der Waals surface area (Å²) in [5.41, 5.74) is -0.211. The number of benzene rings is 2. The molecule has 0 fully saturated rings. The molecule has 1 aromatic heterocycles. The molecule has 152 valence electrons. The molecule has 1 atom stereocenters. The number of carboxylic acids is 3. The summed E-state index contributed by atoms with van der Waals surface area (Å²) in [6, 6.07) is 14.7. The second-order valence-electron chi connectivity index (χ2n) is 6.01. The number of nitrogens with zero attached hydrogens (tertiary/aromatic N) is 3. The van der Waals surface area contributed by atoms with Gasteiger partial charge in [0.1, 0.15) is 11.9 Å². The second kappa shape index (κ2) is 9.66. The molecule has 0 aliphatic carbocycles. The van der Waals surface area contributed by atoms with E-state index in [4.69, 9.17) is 20.6 Å². The lowest BCUT2D eigenvalue weighted by atomic mass is 10.0. The third-order valence-electron chi connectivity index (χ3n) is 4.03. The van der Waals surface area contributed by atoms with Gasteiger partial charge in [-0.1, -0.05) is 30.3 Å². The summed E-state index contributed by atoms with van der Waals surface area (Å²) in [4.78, 5) is 36.0. The van der Waals surface area contributed by atoms with Crippen molar-refractivity contribution >= 4 is 17.9 Å². The van der Waals surface area contributed by atoms with Gasteiger partial charge in [0.05, 0.1) is 22.8 Å². The van der Waals surface area contributed by atoms with Crippen LogP contribution >= 0.6 is 0 Å². The molecule has 0 aliphatic rings. The lowest BCUT2D eigenvalue weighted by molar-refractivity contribution is 0.0649. The van der Waals surface area contributed by atoms with E-state index in [9.17, 15) is 14.4 Å². The van der Waals surface area contributed by atoms with Crippen LogP contribution in [0.3, 0.4) is 0 Å². The molecule has 2 aromatic carbocycles. The molecule has 9 nitrogen and oxygen atoms in total. The molecule has 0 amide bonds. The summed E-state index contributed by atoms with van der Waals surface area (Å²) in [5.74, 6) is -3.36. The number of rotatable bonds is 5. The standard InChI is InChI=1S/C12H11N3.C9H6O6/c1-10(9-13)15-8-7-14-12(15)11-5-3-2-4-6-11;10-7(11)4-1-2-5(8(12)13)6(3-4)9(14)15/h2-8,10H,1H3;1-3H,(H,10,11)(H,12,13)(H,14,15). The summed E-state index contributed by atoms with van der Waals surface area (Å²) in [6.45, 7) is 1.86. The summed E-state index contributed by atoms with van der Waals surface area (Å²) < 4.78 is 1.87. The van der Waals surface area contributed by atoms with Crippen molar-refractivity contribution in [1.29, 1.82) is 5.26 Å². The van der Waals surface area contributed by atoms with E-state index in [-0.39, 0.29) is 11.6 Å². The van der Waals surface area contributed by atoms with Crippen molar-refractivity contribution < 1.29 is 29.7 Å². The van der Waals surface area contributed by atoms with Gasteiger partial charge < -0.3 is 19.9 Å². The van der Waals surface area contributed by atoms with E-state index >= 15 is 0 Å². The highest BCUT2D eigenvalue weighted by atomic mass is 16.4. The van der Waals surface area contributed by atoms with Gasteiger partial charge in [0.25, 0.3) is 0 Å². The molecule has 0 radical (unpaired) electrons. The first-order valence-corrected chi connectivity index (χ1v) is 8.58. The molecule has 0 bridgehead atoms. The van der Waals surface area contributed by atoms with Crippen LogP contribution < -0.4 is 0 Å². The van der Waals surface area contributed by atoms with E-state index in [1.54, 1.807) is 6.20 Å². The highest BCUT2D eigenvalue weighted by Crippen LogP contribution is 2.20. The smallest absolute Gasteiger partial charge is 0.336 e. The van der Waals surface area contributed by atoms with Crippen LogP contribution in [-0.2, 0) is 0 Å². The number of carbonyl (C=O) groups is 3. The minimum atomic E-state index is -1.48. The van der Waals surface area contributed by atoms with Gasteiger partial charge in [-0.05, 0) is 25.1 Å². The number of nitriles is 1. The monoisotopic (exact) mass is 407 g/mol. The van der Waals surface area contributed by atoms with E-state index in [0.717, 1.165) is 29.6 Å². The van der Waals surface area contributed by atoms with Crippen molar-refractivity contribution in [2.45, 2.75) is 13.0 Å². The Morgan fingerprint density at radius 2 is 1.60 bits per heavy atom. The number of aromatic carboxylic acids is 3. The predicted molar refractivity (Wildman–Crippen MR) is 105 cm³/mol. The molecule has 0 spiro atoms. The van der Waals surface area contributed by atoms with Crippen LogP contribution in [0.5, 0.6) is 0 Å². The molecular weight excluding hydrogens is 390 g/mol. The SMILES string of the molecule is CC(C#N)n1ccnc1-c1ccccc1.O=C(O)c1ccc(C(=O)O)c(C(=O)O)c1. The summed E-state index contributed by atoms with van der Waals surface area (Å²) in [5, 5.41) is 34.8. The van der Waals surface area contributed by atoms with Gasteiger partial charge in [-0.15, -0.1) is 0 Å². The Morgan fingerprint density at radius 3 is 2.13 bits per heavy atom. The molecule has 30 heavy (non-hydrogen) atoms. The van der Waals surface area contributed by atoms with Crippen molar-refractivity contribution in [1.82, 2.24) is 9.55 Å². The zero-order valence-corrected chi connectivity index (χ0v) is 15.8. The van der Waals surface area contributed by atoms with Crippen LogP contribution in [0, 0.1) is 11.3 Å². The molecule has 3 aromatic rings. The van der Waals surface area contributed by atoms with Gasteiger partial charge in [0.2, 0.25) is 0 Å². The lowest BCUT2D eigenvalue weighted by Gasteiger charge is -2.08. The van der Waals surface area contributed by atoms with Gasteiger partial charge in [0, 0.05) is 18.0 Å². The van der Waals surface area contributed by atoms with Crippen LogP contribution in [0.2, 0.25) is 0 Å². The number of hydrogen-bond acceptors (Lipinski definition) is 5. The molecule has 0 aliphatic heterocycles. The van der Waals surface area contributed by atoms with Crippen LogP contribution in [0.25, 0.3) is 11.4 Å². The van der Waals surface area contributed by atoms with Crippen LogP contribution in [0.4, 0.5) is 0 Å². The molecular formula is C21H17N3O6. The number of aromatic nitrogens is 2. The summed E-state index contributed by atoms with van der Waals surface area (Å²) in [7, 11) is 0. The van der Waals surface area contributed by atoms with Crippen LogP contribution in [0.15, 0.2) is 60.9 Å². The van der Waals surface area contributed by atoms with Gasteiger partial charge >= 0.3 is 17.9 Å². The van der Waals surface area contributed by atoms with Gasteiger partial charge in [-0.2, -0.15) is 5.26 Å². The lowest BCUT2D eigenvalue weighted by Crippen LogP contribution is -2.10. The van der Waals surface area contributed by atoms with Crippen molar-refractivity contribution in [3.05, 3.63) is 77.6 Å². The highest BCUT2D eigenvalue weighted by molar-refractivity contribution is 6.03. The summed E-state index contributed by atoms with van der Waals surface area (Å²) in [6.07, 6.45) is 3.55. The quantitative estimate of drug-likeness (QED) is 0.581. The Hall–Kier alpha value is -4.45. The van der Waals surface area contributed by atoms with Crippen molar-refractivity contribution in [3.63, 3.8) is 0 Å². The molecule has 9 heteroatoms. The van der Waals surface area contributed by atoms with Gasteiger partial charge in [-0.25, -0.2) is 19.4 Å². The Balaban J connectivity index is 0.000000214. The van der Waals surface area contributed by atoms with E-state index in [0.29, 0.717) is 0 Å². The predicted octanol–water partition coefficient (Wildman–Crippen LogP) is 3.42. The van der Waals surface area contributed by atoms with Crippen molar-refractivity contribution in [2.24, 2.45) is 0 Å². The highest BCUT2D eigenvalue weighted by Gasteiger charge is 2.18. The maximum Gasteiger partial charge on any atom is 0.336 e.